The second kappa shape index (κ2) is 5.80. The number of hydrogen-bond donors (Lipinski definition) is 2. The number of anilines is 1. The molecule has 1 aliphatic heterocycles. The van der Waals surface area contributed by atoms with E-state index in [2.05, 4.69) is 29.7 Å². The van der Waals surface area contributed by atoms with Gasteiger partial charge in [-0.15, -0.1) is 0 Å². The molecule has 3 rings (SSSR count). The molecule has 0 saturated heterocycles. The van der Waals surface area contributed by atoms with Gasteiger partial charge in [0.15, 0.2) is 0 Å². The number of benzene rings is 1. The highest BCUT2D eigenvalue weighted by atomic mass is 16.2. The Hall–Kier alpha value is -1.61. The van der Waals surface area contributed by atoms with Crippen LogP contribution in [0.3, 0.4) is 0 Å². The molecule has 0 radical (unpaired) electrons. The first-order chi connectivity index (χ1) is 9.74. The van der Waals surface area contributed by atoms with E-state index in [4.69, 9.17) is 0 Å². The highest BCUT2D eigenvalue weighted by molar-refractivity contribution is 6.02. The van der Waals surface area contributed by atoms with E-state index in [9.17, 15) is 4.79 Å². The summed E-state index contributed by atoms with van der Waals surface area (Å²) < 4.78 is 0. The number of nitrogens with one attached hydrogen (secondary N) is 2. The van der Waals surface area contributed by atoms with E-state index in [0.717, 1.165) is 24.2 Å². The van der Waals surface area contributed by atoms with Gasteiger partial charge in [-0.1, -0.05) is 29.3 Å². The number of fused-ring (bicyclic) bond motifs is 1. The number of carbonyl (C=O) groups is 1. The van der Waals surface area contributed by atoms with E-state index >= 15 is 0 Å². The topological polar surface area (TPSA) is 41.1 Å². The summed E-state index contributed by atoms with van der Waals surface area (Å²) in [6.07, 6.45) is 8.53. The molecule has 2 N–H and O–H groups in total. The standard InChI is InChI=1S/C17H22N2O/c1-12-7-8-15-14(11-12)16(17(20)19-15)18-10-9-13-5-3-2-4-6-13/h5,7-8,11,16,18H,2-4,6,9-10H2,1H3,(H,19,20). The Balaban J connectivity index is 1.62. The minimum atomic E-state index is -0.186. The van der Waals surface area contributed by atoms with Crippen LogP contribution in [0.1, 0.15) is 49.3 Å². The normalized spacial score (nSPS) is 21.4. The first-order valence-corrected chi connectivity index (χ1v) is 7.57. The van der Waals surface area contributed by atoms with Gasteiger partial charge in [0, 0.05) is 11.3 Å². The van der Waals surface area contributed by atoms with Crippen LogP contribution in [-0.4, -0.2) is 12.5 Å². The molecule has 106 valence electrons. The summed E-state index contributed by atoms with van der Waals surface area (Å²) in [5, 5.41) is 6.36. The molecule has 20 heavy (non-hydrogen) atoms. The van der Waals surface area contributed by atoms with Crippen molar-refractivity contribution in [3.63, 3.8) is 0 Å². The molecule has 0 bridgehead atoms. The van der Waals surface area contributed by atoms with Crippen molar-refractivity contribution in [3.05, 3.63) is 41.0 Å². The molecular formula is C17H22N2O. The molecule has 2 aliphatic rings. The summed E-state index contributed by atoms with van der Waals surface area (Å²) in [7, 11) is 0. The van der Waals surface area contributed by atoms with Crippen LogP contribution in [0.15, 0.2) is 29.8 Å². The zero-order valence-corrected chi connectivity index (χ0v) is 12.0. The van der Waals surface area contributed by atoms with E-state index < -0.39 is 0 Å². The van der Waals surface area contributed by atoms with Crippen molar-refractivity contribution in [2.24, 2.45) is 0 Å². The van der Waals surface area contributed by atoms with E-state index in [0.29, 0.717) is 0 Å². The van der Waals surface area contributed by atoms with Gasteiger partial charge in [-0.05, 0) is 51.6 Å². The van der Waals surface area contributed by atoms with Gasteiger partial charge in [0.1, 0.15) is 6.04 Å². The molecule has 1 unspecified atom stereocenters. The van der Waals surface area contributed by atoms with E-state index in [1.807, 2.05) is 12.1 Å². The number of rotatable bonds is 4. The van der Waals surface area contributed by atoms with Crippen LogP contribution in [-0.2, 0) is 4.79 Å². The lowest BCUT2D eigenvalue weighted by Crippen LogP contribution is -2.28. The van der Waals surface area contributed by atoms with Gasteiger partial charge >= 0.3 is 0 Å². The fourth-order valence-corrected chi connectivity index (χ4v) is 3.09. The summed E-state index contributed by atoms with van der Waals surface area (Å²) in [5.74, 6) is 0.0724. The van der Waals surface area contributed by atoms with Crippen molar-refractivity contribution in [2.45, 2.75) is 45.1 Å². The van der Waals surface area contributed by atoms with Crippen LogP contribution in [0.25, 0.3) is 0 Å². The zero-order valence-electron chi connectivity index (χ0n) is 12.0. The Morgan fingerprint density at radius 3 is 3.05 bits per heavy atom. The van der Waals surface area contributed by atoms with Crippen molar-refractivity contribution in [1.82, 2.24) is 5.32 Å². The predicted molar refractivity (Wildman–Crippen MR) is 81.7 cm³/mol. The maximum atomic E-state index is 12.0. The molecule has 0 fully saturated rings. The minimum Gasteiger partial charge on any atom is -0.324 e. The van der Waals surface area contributed by atoms with Crippen molar-refractivity contribution in [2.75, 3.05) is 11.9 Å². The van der Waals surface area contributed by atoms with Crippen LogP contribution in [0.5, 0.6) is 0 Å². The smallest absolute Gasteiger partial charge is 0.246 e. The molecule has 3 nitrogen and oxygen atoms in total. The lowest BCUT2D eigenvalue weighted by atomic mass is 9.97. The summed E-state index contributed by atoms with van der Waals surface area (Å²) in [5.41, 5.74) is 4.79. The summed E-state index contributed by atoms with van der Waals surface area (Å²) in [6, 6.07) is 5.95. The fraction of sp³-hybridized carbons (Fsp3) is 0.471. The Morgan fingerprint density at radius 2 is 2.25 bits per heavy atom. The van der Waals surface area contributed by atoms with Gasteiger partial charge in [-0.3, -0.25) is 4.79 Å². The molecular weight excluding hydrogens is 248 g/mol. The third-order valence-corrected chi connectivity index (χ3v) is 4.22. The second-order valence-electron chi connectivity index (χ2n) is 5.83. The van der Waals surface area contributed by atoms with Crippen LogP contribution in [0, 0.1) is 6.92 Å². The molecule has 1 aromatic rings. The first kappa shape index (κ1) is 13.4. The van der Waals surface area contributed by atoms with Crippen LogP contribution < -0.4 is 10.6 Å². The quantitative estimate of drug-likeness (QED) is 0.823. The number of allylic oxidation sites excluding steroid dienone is 1. The van der Waals surface area contributed by atoms with Crippen LogP contribution >= 0.6 is 0 Å². The first-order valence-electron chi connectivity index (χ1n) is 7.57. The molecule has 1 heterocycles. The third-order valence-electron chi connectivity index (χ3n) is 4.22. The largest absolute Gasteiger partial charge is 0.324 e. The molecule has 1 atom stereocenters. The Morgan fingerprint density at radius 1 is 1.35 bits per heavy atom. The van der Waals surface area contributed by atoms with Gasteiger partial charge in [-0.2, -0.15) is 0 Å². The molecule has 1 aromatic carbocycles. The lowest BCUT2D eigenvalue weighted by molar-refractivity contribution is -0.117. The minimum absolute atomic E-state index is 0.0724. The number of carbonyl (C=O) groups excluding carboxylic acids is 1. The average Bonchev–Trinajstić information content (AvgIpc) is 2.76. The fourth-order valence-electron chi connectivity index (χ4n) is 3.09. The molecule has 0 aromatic heterocycles. The molecule has 0 saturated carbocycles. The lowest BCUT2D eigenvalue weighted by Gasteiger charge is -2.15. The number of hydrogen-bond acceptors (Lipinski definition) is 2. The van der Waals surface area contributed by atoms with Crippen molar-refractivity contribution in [1.29, 1.82) is 0 Å². The highest BCUT2D eigenvalue weighted by Gasteiger charge is 2.29. The maximum absolute atomic E-state index is 12.0. The number of amides is 1. The van der Waals surface area contributed by atoms with Crippen molar-refractivity contribution in [3.8, 4) is 0 Å². The van der Waals surface area contributed by atoms with Crippen molar-refractivity contribution >= 4 is 11.6 Å². The van der Waals surface area contributed by atoms with E-state index in [1.54, 1.807) is 5.57 Å². The zero-order chi connectivity index (χ0) is 13.9. The van der Waals surface area contributed by atoms with E-state index in [-0.39, 0.29) is 11.9 Å². The molecule has 3 heteroatoms. The molecule has 0 spiro atoms. The Kier molecular flexibility index (Phi) is 3.88. The van der Waals surface area contributed by atoms with Gasteiger partial charge in [0.25, 0.3) is 0 Å². The molecule has 1 aliphatic carbocycles. The summed E-state index contributed by atoms with van der Waals surface area (Å²) in [4.78, 5) is 12.0. The second-order valence-corrected chi connectivity index (χ2v) is 5.83. The average molecular weight is 270 g/mol. The van der Waals surface area contributed by atoms with Gasteiger partial charge in [-0.25, -0.2) is 0 Å². The summed E-state index contributed by atoms with van der Waals surface area (Å²) >= 11 is 0. The van der Waals surface area contributed by atoms with Crippen LogP contribution in [0.2, 0.25) is 0 Å². The molecule has 1 amide bonds. The Bertz CT molecular complexity index is 548. The monoisotopic (exact) mass is 270 g/mol. The highest BCUT2D eigenvalue weighted by Crippen LogP contribution is 2.31. The van der Waals surface area contributed by atoms with Gasteiger partial charge in [0.2, 0.25) is 5.91 Å². The van der Waals surface area contributed by atoms with Crippen LogP contribution in [0.4, 0.5) is 5.69 Å². The van der Waals surface area contributed by atoms with Gasteiger partial charge < -0.3 is 10.6 Å². The van der Waals surface area contributed by atoms with Crippen molar-refractivity contribution < 1.29 is 4.79 Å². The van der Waals surface area contributed by atoms with Gasteiger partial charge in [0.05, 0.1) is 0 Å². The Labute approximate surface area is 120 Å². The van der Waals surface area contributed by atoms with E-state index in [1.165, 1.54) is 31.2 Å². The maximum Gasteiger partial charge on any atom is 0.246 e. The summed E-state index contributed by atoms with van der Waals surface area (Å²) in [6.45, 7) is 2.93. The predicted octanol–water partition coefficient (Wildman–Crippen LogP) is 3.47. The SMILES string of the molecule is Cc1ccc2c(c1)C(NCCC1=CCCCC1)C(=O)N2. The number of aryl methyl sites for hydroxylation is 1. The third kappa shape index (κ3) is 2.78.